The van der Waals surface area contributed by atoms with E-state index in [1.807, 2.05) is 0 Å². The number of hydrogen-bond donors (Lipinski definition) is 1. The lowest BCUT2D eigenvalue weighted by Gasteiger charge is -2.19. The van der Waals surface area contributed by atoms with Crippen molar-refractivity contribution in [2.24, 2.45) is 0 Å². The summed E-state index contributed by atoms with van der Waals surface area (Å²) in [6.45, 7) is 1.03. The molecule has 1 aliphatic rings. The van der Waals surface area contributed by atoms with E-state index in [0.29, 0.717) is 13.1 Å². The molecule has 1 N–H and O–H groups in total. The van der Waals surface area contributed by atoms with Crippen molar-refractivity contribution >= 4 is 21.6 Å². The maximum atomic E-state index is 12.9. The van der Waals surface area contributed by atoms with Crippen molar-refractivity contribution in [1.82, 2.24) is 9.29 Å². The highest BCUT2D eigenvalue weighted by Crippen LogP contribution is 2.32. The Balaban J connectivity index is 1.96. The minimum absolute atomic E-state index is 0.0314. The molecule has 2 heterocycles. The molecule has 1 aliphatic heterocycles. The number of amides is 1. The Hall–Kier alpha value is -2.86. The van der Waals surface area contributed by atoms with Crippen molar-refractivity contribution in [3.8, 4) is 11.6 Å². The molecular formula is C20H22F3N3O5S. The Morgan fingerprint density at radius 1 is 1.19 bits per heavy atom. The van der Waals surface area contributed by atoms with Gasteiger partial charge < -0.3 is 14.8 Å². The minimum atomic E-state index is -4.62. The highest BCUT2D eigenvalue weighted by atomic mass is 32.2. The number of benzene rings is 1. The van der Waals surface area contributed by atoms with Crippen LogP contribution in [0.5, 0.6) is 11.6 Å². The van der Waals surface area contributed by atoms with E-state index in [4.69, 9.17) is 9.47 Å². The van der Waals surface area contributed by atoms with Gasteiger partial charge in [-0.15, -0.1) is 0 Å². The summed E-state index contributed by atoms with van der Waals surface area (Å²) in [6, 6.07) is 6.26. The molecule has 1 fully saturated rings. The van der Waals surface area contributed by atoms with Gasteiger partial charge in [0.25, 0.3) is 5.91 Å². The summed E-state index contributed by atoms with van der Waals surface area (Å²) in [5.41, 5.74) is -0.185. The molecule has 174 valence electrons. The molecule has 12 heteroatoms. The molecule has 1 amide bonds. The van der Waals surface area contributed by atoms with Crippen molar-refractivity contribution in [3.05, 3.63) is 42.1 Å². The van der Waals surface area contributed by atoms with Gasteiger partial charge in [0.15, 0.2) is 6.61 Å². The number of nitrogens with zero attached hydrogens (tertiary/aromatic N) is 2. The van der Waals surface area contributed by atoms with Gasteiger partial charge >= 0.3 is 6.18 Å². The number of pyridine rings is 1. The van der Waals surface area contributed by atoms with Gasteiger partial charge in [-0.1, -0.05) is 0 Å². The van der Waals surface area contributed by atoms with E-state index < -0.39 is 28.7 Å². The zero-order chi connectivity index (χ0) is 23.4. The molecular weight excluding hydrogens is 451 g/mol. The first kappa shape index (κ1) is 23.8. The summed E-state index contributed by atoms with van der Waals surface area (Å²) in [6.07, 6.45) is -1.76. The van der Waals surface area contributed by atoms with Crippen LogP contribution in [-0.4, -0.2) is 56.1 Å². The van der Waals surface area contributed by atoms with Gasteiger partial charge in [-0.25, -0.2) is 13.4 Å². The molecule has 2 aromatic rings. The molecule has 0 spiro atoms. The van der Waals surface area contributed by atoms with Crippen LogP contribution in [0.15, 0.2) is 41.4 Å². The number of alkyl halides is 3. The van der Waals surface area contributed by atoms with Crippen molar-refractivity contribution in [3.63, 3.8) is 0 Å². The third kappa shape index (κ3) is 5.68. The molecule has 3 rings (SSSR count). The number of carbonyl (C=O) groups excluding carboxylic acids is 1. The van der Waals surface area contributed by atoms with Crippen LogP contribution in [0.25, 0.3) is 0 Å². The molecule has 0 unspecified atom stereocenters. The van der Waals surface area contributed by atoms with E-state index >= 15 is 0 Å². The monoisotopic (exact) mass is 473 g/mol. The van der Waals surface area contributed by atoms with Gasteiger partial charge in [0.05, 0.1) is 17.2 Å². The third-order valence-corrected chi connectivity index (χ3v) is 6.48. The summed E-state index contributed by atoms with van der Waals surface area (Å²) in [5, 5.41) is 2.43. The van der Waals surface area contributed by atoms with Gasteiger partial charge in [-0.3, -0.25) is 4.79 Å². The third-order valence-electron chi connectivity index (χ3n) is 4.59. The van der Waals surface area contributed by atoms with Gasteiger partial charge in [-0.2, -0.15) is 17.5 Å². The van der Waals surface area contributed by atoms with Gasteiger partial charge in [0.2, 0.25) is 15.9 Å². The molecule has 0 atom stereocenters. The Kier molecular flexibility index (Phi) is 7.24. The topological polar surface area (TPSA) is 97.8 Å². The molecule has 32 heavy (non-hydrogen) atoms. The number of halogens is 3. The van der Waals surface area contributed by atoms with Gasteiger partial charge in [-0.05, 0) is 50.1 Å². The van der Waals surface area contributed by atoms with Crippen molar-refractivity contribution in [2.75, 3.05) is 31.6 Å². The number of aromatic nitrogens is 1. The highest BCUT2D eigenvalue weighted by Gasteiger charge is 2.31. The fourth-order valence-corrected chi connectivity index (χ4v) is 4.68. The second-order valence-corrected chi connectivity index (χ2v) is 8.85. The number of anilines is 1. The molecule has 1 aromatic carbocycles. The number of nitrogens with one attached hydrogen (secondary N) is 1. The second-order valence-electron chi connectivity index (χ2n) is 6.92. The number of ether oxygens (including phenoxy) is 2. The number of hydrogen-bond acceptors (Lipinski definition) is 6. The summed E-state index contributed by atoms with van der Waals surface area (Å²) < 4.78 is 75.2. The second kappa shape index (κ2) is 9.74. The van der Waals surface area contributed by atoms with Crippen molar-refractivity contribution < 1.29 is 35.9 Å². The van der Waals surface area contributed by atoms with Crippen molar-refractivity contribution in [2.45, 2.75) is 30.8 Å². The fraction of sp³-hybridized carbons (Fsp3) is 0.400. The average Bonchev–Trinajstić information content (AvgIpc) is 3.28. The van der Waals surface area contributed by atoms with Crippen LogP contribution in [0.1, 0.15) is 30.1 Å². The molecule has 1 aromatic heterocycles. The first-order valence-electron chi connectivity index (χ1n) is 9.84. The lowest BCUT2D eigenvalue weighted by Crippen LogP contribution is -2.28. The van der Waals surface area contributed by atoms with E-state index in [2.05, 4.69) is 10.3 Å². The smallest absolute Gasteiger partial charge is 0.422 e. The van der Waals surface area contributed by atoms with Crippen LogP contribution >= 0.6 is 0 Å². The Bertz CT molecular complexity index is 1070. The van der Waals surface area contributed by atoms with Crippen LogP contribution in [0.2, 0.25) is 0 Å². The molecule has 0 bridgehead atoms. The zero-order valence-corrected chi connectivity index (χ0v) is 18.0. The van der Waals surface area contributed by atoms with E-state index in [-0.39, 0.29) is 34.4 Å². The van der Waals surface area contributed by atoms with Gasteiger partial charge in [0.1, 0.15) is 11.3 Å². The molecule has 8 nitrogen and oxygen atoms in total. The molecule has 0 aliphatic carbocycles. The predicted molar refractivity (Wildman–Crippen MR) is 109 cm³/mol. The predicted octanol–water partition coefficient (Wildman–Crippen LogP) is 3.46. The van der Waals surface area contributed by atoms with Crippen molar-refractivity contribution in [1.29, 1.82) is 0 Å². The zero-order valence-electron chi connectivity index (χ0n) is 17.2. The van der Waals surface area contributed by atoms with Gasteiger partial charge in [0, 0.05) is 19.3 Å². The van der Waals surface area contributed by atoms with Crippen LogP contribution in [0.3, 0.4) is 0 Å². The van der Waals surface area contributed by atoms with Crippen LogP contribution in [0, 0.1) is 0 Å². The summed E-state index contributed by atoms with van der Waals surface area (Å²) in [4.78, 5) is 16.6. The summed E-state index contributed by atoms with van der Waals surface area (Å²) in [7, 11) is -3.87. The minimum Gasteiger partial charge on any atom is -0.482 e. The van der Waals surface area contributed by atoms with E-state index in [1.54, 1.807) is 6.92 Å². The lowest BCUT2D eigenvalue weighted by molar-refractivity contribution is -0.153. The molecule has 1 saturated heterocycles. The van der Waals surface area contributed by atoms with Crippen LogP contribution in [0.4, 0.5) is 18.9 Å². The normalized spacial score (nSPS) is 14.9. The van der Waals surface area contributed by atoms with E-state index in [9.17, 15) is 26.4 Å². The Morgan fingerprint density at radius 2 is 1.91 bits per heavy atom. The standard InChI is InChI=1S/C20H22F3N3O5S/c1-2-30-19-15(6-5-9-24-19)18(27)25-16-12-14(32(28,29)26-10-3-4-11-26)7-8-17(16)31-13-20(21,22)23/h5-9,12H,2-4,10-11,13H2,1H3,(H,25,27). The number of carbonyl (C=O) groups is 1. The maximum Gasteiger partial charge on any atom is 0.422 e. The molecule has 0 radical (unpaired) electrons. The number of sulfonamides is 1. The van der Waals surface area contributed by atoms with Crippen LogP contribution < -0.4 is 14.8 Å². The maximum absolute atomic E-state index is 12.9. The first-order valence-corrected chi connectivity index (χ1v) is 11.3. The SMILES string of the molecule is CCOc1ncccc1C(=O)Nc1cc(S(=O)(=O)N2CCCC2)ccc1OCC(F)(F)F. The summed E-state index contributed by atoms with van der Waals surface area (Å²) >= 11 is 0. The summed E-state index contributed by atoms with van der Waals surface area (Å²) in [5.74, 6) is -1.03. The quantitative estimate of drug-likeness (QED) is 0.631. The largest absolute Gasteiger partial charge is 0.482 e. The fourth-order valence-electron chi connectivity index (χ4n) is 3.14. The molecule has 0 saturated carbocycles. The first-order chi connectivity index (χ1) is 15.1. The lowest BCUT2D eigenvalue weighted by atomic mass is 10.2. The number of rotatable bonds is 8. The van der Waals surface area contributed by atoms with E-state index in [1.165, 1.54) is 22.6 Å². The Morgan fingerprint density at radius 3 is 2.56 bits per heavy atom. The average molecular weight is 473 g/mol. The Labute approximate surface area is 183 Å². The van der Waals surface area contributed by atoms with Crippen LogP contribution in [-0.2, 0) is 10.0 Å². The van der Waals surface area contributed by atoms with E-state index in [0.717, 1.165) is 31.0 Å². The highest BCUT2D eigenvalue weighted by molar-refractivity contribution is 7.89.